The van der Waals surface area contributed by atoms with Crippen LogP contribution in [0.4, 0.5) is 4.79 Å². The third-order valence-electron chi connectivity index (χ3n) is 7.32. The largest absolute Gasteiger partial charge is 0.465 e. The van der Waals surface area contributed by atoms with E-state index >= 15 is 0 Å². The molecule has 0 aromatic heterocycles. The van der Waals surface area contributed by atoms with E-state index in [0.29, 0.717) is 12.0 Å². The predicted octanol–water partition coefficient (Wildman–Crippen LogP) is 2.71. The van der Waals surface area contributed by atoms with Crippen molar-refractivity contribution in [3.05, 3.63) is 71.1 Å². The average molecular weight is 586 g/mol. The third-order valence-corrected chi connectivity index (χ3v) is 7.32. The highest BCUT2D eigenvalue weighted by Gasteiger charge is 2.33. The van der Waals surface area contributed by atoms with Crippen LogP contribution in [0.25, 0.3) is 0 Å². The van der Waals surface area contributed by atoms with Crippen molar-refractivity contribution in [1.29, 1.82) is 0 Å². The number of amides is 2. The van der Waals surface area contributed by atoms with E-state index in [9.17, 15) is 29.4 Å². The number of hydrogen-bond acceptors (Lipinski definition) is 8. The van der Waals surface area contributed by atoms with Crippen LogP contribution >= 0.6 is 0 Å². The van der Waals surface area contributed by atoms with E-state index < -0.39 is 53.8 Å². The molecule has 0 unspecified atom stereocenters. The van der Waals surface area contributed by atoms with E-state index in [2.05, 4.69) is 22.5 Å². The molecule has 1 aliphatic carbocycles. The van der Waals surface area contributed by atoms with Gasteiger partial charge >= 0.3 is 6.09 Å². The molecule has 2 rings (SSSR count). The van der Waals surface area contributed by atoms with Gasteiger partial charge in [0.05, 0.1) is 35.7 Å². The quantitative estimate of drug-likeness (QED) is 0.233. The lowest BCUT2D eigenvalue weighted by atomic mass is 9.85. The SMILES string of the molecule is C=CCNC1=C2C[C@H](C)C[C@H](OC)[C@H](O)[C@@H](C)C=C(C)[C@@H](NC(=O)O)[C@@H](OC)C=CC=C(C)C(=O)NC(=CC1=O)C2=O. The molecule has 0 radical (unpaired) electrons. The molecule has 6 atom stereocenters. The normalized spacial score (nSPS) is 28.4. The molecular weight excluding hydrogens is 542 g/mol. The summed E-state index contributed by atoms with van der Waals surface area (Å²) in [5, 5.41) is 28.7. The number of aliphatic hydroxyl groups is 1. The van der Waals surface area contributed by atoms with Gasteiger partial charge in [-0.05, 0) is 32.6 Å². The van der Waals surface area contributed by atoms with Gasteiger partial charge in [-0.15, -0.1) is 6.58 Å². The van der Waals surface area contributed by atoms with Gasteiger partial charge in [0.15, 0.2) is 0 Å². The lowest BCUT2D eigenvalue weighted by molar-refractivity contribution is -0.120. The van der Waals surface area contributed by atoms with Crippen LogP contribution in [0.1, 0.15) is 40.5 Å². The van der Waals surface area contributed by atoms with Crippen LogP contribution in [-0.4, -0.2) is 78.9 Å². The summed E-state index contributed by atoms with van der Waals surface area (Å²) in [6.45, 7) is 10.9. The van der Waals surface area contributed by atoms with Crippen LogP contribution in [0.15, 0.2) is 71.1 Å². The first kappa shape index (κ1) is 34.4. The minimum absolute atomic E-state index is 0.136. The van der Waals surface area contributed by atoms with Crippen LogP contribution in [-0.2, 0) is 23.9 Å². The number of ether oxygens (including phenoxy) is 2. The number of methoxy groups -OCH3 is 2. The Morgan fingerprint density at radius 1 is 1.19 bits per heavy atom. The Morgan fingerprint density at radius 3 is 2.48 bits per heavy atom. The van der Waals surface area contributed by atoms with Crippen LogP contribution in [0.5, 0.6) is 0 Å². The van der Waals surface area contributed by atoms with Gasteiger partial charge in [0.1, 0.15) is 0 Å². The van der Waals surface area contributed by atoms with E-state index in [4.69, 9.17) is 9.47 Å². The van der Waals surface area contributed by atoms with Gasteiger partial charge in [0, 0.05) is 43.9 Å². The molecule has 42 heavy (non-hydrogen) atoms. The summed E-state index contributed by atoms with van der Waals surface area (Å²) in [5.74, 6) is -2.16. The molecule has 5 N–H and O–H groups in total. The molecule has 230 valence electrons. The van der Waals surface area contributed by atoms with Crippen molar-refractivity contribution in [3.8, 4) is 0 Å². The zero-order valence-corrected chi connectivity index (χ0v) is 25.1. The number of allylic oxidation sites excluding steroid dienone is 4. The molecular formula is C31H43N3O8. The number of Topliss-reactive ketones (excluding diaryl/α,β-unsaturated/α-hetero) is 1. The zero-order chi connectivity index (χ0) is 31.6. The van der Waals surface area contributed by atoms with Crippen LogP contribution < -0.4 is 16.0 Å². The Balaban J connectivity index is 2.62. The maximum Gasteiger partial charge on any atom is 0.405 e. The highest BCUT2D eigenvalue weighted by atomic mass is 16.5. The van der Waals surface area contributed by atoms with Gasteiger partial charge in [0.2, 0.25) is 11.6 Å². The summed E-state index contributed by atoms with van der Waals surface area (Å²) in [6.07, 6.45) is 6.02. The Bertz CT molecular complexity index is 1210. The van der Waals surface area contributed by atoms with Gasteiger partial charge in [-0.2, -0.15) is 0 Å². The van der Waals surface area contributed by atoms with Crippen LogP contribution in [0, 0.1) is 11.8 Å². The van der Waals surface area contributed by atoms with Crippen molar-refractivity contribution in [3.63, 3.8) is 0 Å². The number of carbonyl (C=O) groups is 4. The van der Waals surface area contributed by atoms with Gasteiger partial charge in [-0.1, -0.05) is 49.8 Å². The molecule has 0 saturated heterocycles. The number of aliphatic hydroxyl groups excluding tert-OH is 1. The summed E-state index contributed by atoms with van der Waals surface area (Å²) in [6, 6.07) is -0.788. The number of ketones is 2. The van der Waals surface area contributed by atoms with E-state index in [1.54, 1.807) is 45.1 Å². The van der Waals surface area contributed by atoms with E-state index in [1.165, 1.54) is 20.3 Å². The summed E-state index contributed by atoms with van der Waals surface area (Å²) < 4.78 is 11.2. The minimum atomic E-state index is -1.25. The van der Waals surface area contributed by atoms with E-state index in [1.807, 2.05) is 6.92 Å². The molecule has 0 aromatic carbocycles. The molecule has 0 spiro atoms. The minimum Gasteiger partial charge on any atom is -0.465 e. The number of hydrogen-bond donors (Lipinski definition) is 5. The molecule has 2 aliphatic rings. The Labute approximate surface area is 247 Å². The molecule has 1 heterocycles. The number of nitrogens with one attached hydrogen (secondary N) is 3. The first-order valence-corrected chi connectivity index (χ1v) is 13.8. The molecule has 0 aromatic rings. The fourth-order valence-electron chi connectivity index (χ4n) is 5.03. The van der Waals surface area contributed by atoms with Crippen molar-refractivity contribution in [2.45, 2.75) is 64.9 Å². The summed E-state index contributed by atoms with van der Waals surface area (Å²) in [5.41, 5.74) is 1.10. The van der Waals surface area contributed by atoms with Crippen molar-refractivity contribution < 1.29 is 38.9 Å². The van der Waals surface area contributed by atoms with Gasteiger partial charge in [-0.3, -0.25) is 14.4 Å². The van der Waals surface area contributed by atoms with Crippen molar-refractivity contribution in [1.82, 2.24) is 16.0 Å². The standard InChI is InChI=1S/C31H43N3O8/c1-8-12-32-27-21-13-17(2)14-25(42-7)28(36)20(5)15-19(4)26(34-31(39)40)24(41-6)11-9-10-18(3)30(38)33-22(29(21)37)16-23(27)35/h8-11,15-17,20,24-26,28,32,34,36H,1,12-14H2,2-7H3,(H,33,38)(H,39,40)/t17-,20-,24-,25-,26+,28+/m0/s1. The second-order valence-corrected chi connectivity index (χ2v) is 10.7. The summed E-state index contributed by atoms with van der Waals surface area (Å²) >= 11 is 0. The third kappa shape index (κ3) is 9.10. The van der Waals surface area contributed by atoms with Crippen LogP contribution in [0.3, 0.4) is 0 Å². The topological polar surface area (TPSA) is 163 Å². The van der Waals surface area contributed by atoms with Crippen molar-refractivity contribution >= 4 is 23.6 Å². The molecule has 2 amide bonds. The fourth-order valence-corrected chi connectivity index (χ4v) is 5.03. The Morgan fingerprint density at radius 2 is 1.88 bits per heavy atom. The smallest absolute Gasteiger partial charge is 0.405 e. The molecule has 0 fully saturated rings. The van der Waals surface area contributed by atoms with Gasteiger partial charge < -0.3 is 35.6 Å². The van der Waals surface area contributed by atoms with Crippen molar-refractivity contribution in [2.24, 2.45) is 11.8 Å². The van der Waals surface area contributed by atoms with Gasteiger partial charge in [-0.25, -0.2) is 4.79 Å². The molecule has 11 heteroatoms. The highest BCUT2D eigenvalue weighted by Crippen LogP contribution is 2.28. The summed E-state index contributed by atoms with van der Waals surface area (Å²) in [4.78, 5) is 51.2. The van der Waals surface area contributed by atoms with Crippen LogP contribution in [0.2, 0.25) is 0 Å². The lowest BCUT2D eigenvalue weighted by Crippen LogP contribution is -2.44. The predicted molar refractivity (Wildman–Crippen MR) is 158 cm³/mol. The zero-order valence-electron chi connectivity index (χ0n) is 25.1. The number of carboxylic acid groups (broad SMARTS) is 1. The summed E-state index contributed by atoms with van der Waals surface area (Å²) in [7, 11) is 2.91. The molecule has 11 nitrogen and oxygen atoms in total. The van der Waals surface area contributed by atoms with Crippen molar-refractivity contribution in [2.75, 3.05) is 20.8 Å². The highest BCUT2D eigenvalue weighted by molar-refractivity contribution is 6.23. The molecule has 1 aliphatic heterocycles. The fraction of sp³-hybridized carbons (Fsp3) is 0.484. The van der Waals surface area contributed by atoms with E-state index in [0.717, 1.165) is 6.08 Å². The first-order chi connectivity index (χ1) is 19.8. The Kier molecular flexibility index (Phi) is 13.1. The molecule has 0 saturated carbocycles. The first-order valence-electron chi connectivity index (χ1n) is 13.8. The molecule has 2 bridgehead atoms. The van der Waals surface area contributed by atoms with E-state index in [-0.39, 0.29) is 41.4 Å². The lowest BCUT2D eigenvalue weighted by Gasteiger charge is -2.30. The number of rotatable bonds is 6. The number of carbonyl (C=O) groups excluding carboxylic acids is 3. The number of fused-ring (bicyclic) bond motifs is 2. The average Bonchev–Trinajstić information content (AvgIpc) is 2.94. The maximum atomic E-state index is 13.5. The second-order valence-electron chi connectivity index (χ2n) is 10.7. The second kappa shape index (κ2) is 16.0. The monoisotopic (exact) mass is 585 g/mol. The maximum absolute atomic E-state index is 13.5. The Hall–Kier alpha value is -3.80. The van der Waals surface area contributed by atoms with Gasteiger partial charge in [0.25, 0.3) is 5.91 Å².